The van der Waals surface area contributed by atoms with Gasteiger partial charge in [-0.3, -0.25) is 10.2 Å². The topological polar surface area (TPSA) is 82.9 Å². The number of ether oxygens (including phenoxy) is 2. The van der Waals surface area contributed by atoms with Crippen molar-refractivity contribution in [2.75, 3.05) is 20.8 Å². The first kappa shape index (κ1) is 23.6. The summed E-state index contributed by atoms with van der Waals surface area (Å²) in [7, 11) is 3.15. The fourth-order valence-electron chi connectivity index (χ4n) is 4.10. The summed E-state index contributed by atoms with van der Waals surface area (Å²) in [6.07, 6.45) is 0. The first-order valence-corrected chi connectivity index (χ1v) is 10.8. The molecular weight excluding hydrogens is 404 g/mol. The molecule has 2 aromatic rings. The summed E-state index contributed by atoms with van der Waals surface area (Å²) in [6.45, 7) is 12.6. The van der Waals surface area contributed by atoms with Crippen LogP contribution in [0.5, 0.6) is 17.2 Å². The second-order valence-corrected chi connectivity index (χ2v) is 10.4. The van der Waals surface area contributed by atoms with E-state index in [1.165, 1.54) is 0 Å². The number of amidine groups is 1. The third kappa shape index (κ3) is 4.31. The normalized spacial score (nSPS) is 13.9. The number of fused-ring (bicyclic) bond motifs is 1. The fraction of sp³-hybridized carbons (Fsp3) is 0.462. The van der Waals surface area contributed by atoms with E-state index >= 15 is 0 Å². The molecule has 0 fully saturated rings. The average molecular weight is 439 g/mol. The van der Waals surface area contributed by atoms with Crippen molar-refractivity contribution in [1.29, 1.82) is 5.41 Å². The van der Waals surface area contributed by atoms with E-state index in [1.807, 2.05) is 47.6 Å². The Morgan fingerprint density at radius 3 is 2.03 bits per heavy atom. The number of rotatable bonds is 5. The van der Waals surface area contributed by atoms with Crippen LogP contribution in [0.1, 0.15) is 74.2 Å². The Kier molecular flexibility index (Phi) is 6.02. The van der Waals surface area contributed by atoms with Crippen LogP contribution in [-0.4, -0.2) is 42.4 Å². The Balaban J connectivity index is 1.96. The van der Waals surface area contributed by atoms with E-state index in [-0.39, 0.29) is 34.7 Å². The maximum absolute atomic E-state index is 13.4. The molecule has 6 nitrogen and oxygen atoms in total. The molecule has 2 aromatic carbocycles. The molecule has 0 unspecified atom stereocenters. The number of ketones is 1. The van der Waals surface area contributed by atoms with Gasteiger partial charge in [-0.25, -0.2) is 0 Å². The lowest BCUT2D eigenvalue weighted by Gasteiger charge is -2.28. The van der Waals surface area contributed by atoms with Crippen molar-refractivity contribution in [3.05, 3.63) is 52.1 Å². The van der Waals surface area contributed by atoms with Crippen molar-refractivity contribution < 1.29 is 19.4 Å². The maximum Gasteiger partial charge on any atom is 0.182 e. The molecule has 0 aromatic heterocycles. The van der Waals surface area contributed by atoms with Gasteiger partial charge < -0.3 is 19.5 Å². The van der Waals surface area contributed by atoms with Gasteiger partial charge in [0.2, 0.25) is 0 Å². The quantitative estimate of drug-likeness (QED) is 0.640. The summed E-state index contributed by atoms with van der Waals surface area (Å²) >= 11 is 0. The van der Waals surface area contributed by atoms with Crippen LogP contribution in [0.15, 0.2) is 24.3 Å². The molecule has 0 atom stereocenters. The zero-order valence-corrected chi connectivity index (χ0v) is 20.3. The molecule has 0 radical (unpaired) electrons. The zero-order chi connectivity index (χ0) is 24.0. The van der Waals surface area contributed by atoms with Gasteiger partial charge in [-0.05, 0) is 34.6 Å². The molecule has 2 N–H and O–H groups in total. The summed E-state index contributed by atoms with van der Waals surface area (Å²) in [5, 5.41) is 19.6. The van der Waals surface area contributed by atoms with E-state index in [9.17, 15) is 9.90 Å². The lowest BCUT2D eigenvalue weighted by Crippen LogP contribution is -2.31. The largest absolute Gasteiger partial charge is 0.507 e. The van der Waals surface area contributed by atoms with Crippen LogP contribution in [-0.2, 0) is 17.4 Å². The van der Waals surface area contributed by atoms with Crippen molar-refractivity contribution in [3.63, 3.8) is 0 Å². The lowest BCUT2D eigenvalue weighted by molar-refractivity contribution is 0.0962. The first-order valence-electron chi connectivity index (χ1n) is 10.8. The Bertz CT molecular complexity index is 1040. The van der Waals surface area contributed by atoms with E-state index in [4.69, 9.17) is 14.9 Å². The highest BCUT2D eigenvalue weighted by Crippen LogP contribution is 2.40. The molecule has 1 heterocycles. The van der Waals surface area contributed by atoms with Gasteiger partial charge in [-0.1, -0.05) is 41.5 Å². The van der Waals surface area contributed by atoms with Crippen LogP contribution in [0, 0.1) is 5.41 Å². The Hall–Kier alpha value is -3.02. The van der Waals surface area contributed by atoms with Crippen molar-refractivity contribution in [2.45, 2.75) is 58.9 Å². The SMILES string of the molecule is COc1cc2c(c(OC)c1)C(=N)N(CC(=O)c1cc(C(C)(C)C)c(O)c(C(C)(C)C)c1)C2. The molecule has 0 aliphatic carbocycles. The number of carbonyl (C=O) groups is 1. The maximum atomic E-state index is 13.4. The van der Waals surface area contributed by atoms with Gasteiger partial charge in [0.15, 0.2) is 5.78 Å². The van der Waals surface area contributed by atoms with Crippen LogP contribution in [0.3, 0.4) is 0 Å². The van der Waals surface area contributed by atoms with E-state index in [0.29, 0.717) is 29.2 Å². The molecule has 1 aliphatic heterocycles. The summed E-state index contributed by atoms with van der Waals surface area (Å²) in [5.41, 5.74) is 3.00. The fourth-order valence-corrected chi connectivity index (χ4v) is 4.10. The molecule has 0 amide bonds. The van der Waals surface area contributed by atoms with E-state index in [2.05, 4.69) is 0 Å². The summed E-state index contributed by atoms with van der Waals surface area (Å²) in [4.78, 5) is 15.1. The number of Topliss-reactive ketones (excluding diaryl/α,β-unsaturated/α-hetero) is 1. The van der Waals surface area contributed by atoms with E-state index in [0.717, 1.165) is 16.7 Å². The lowest BCUT2D eigenvalue weighted by atomic mass is 9.78. The van der Waals surface area contributed by atoms with Crippen LogP contribution in [0.4, 0.5) is 0 Å². The molecule has 0 saturated heterocycles. The number of nitrogens with zero attached hydrogens (tertiary/aromatic N) is 1. The van der Waals surface area contributed by atoms with E-state index < -0.39 is 0 Å². The summed E-state index contributed by atoms with van der Waals surface area (Å²) in [6, 6.07) is 7.23. The number of aromatic hydroxyl groups is 1. The molecule has 1 aliphatic rings. The zero-order valence-electron chi connectivity index (χ0n) is 20.3. The molecule has 0 spiro atoms. The summed E-state index contributed by atoms with van der Waals surface area (Å²) < 4.78 is 10.8. The van der Waals surface area contributed by atoms with Crippen LogP contribution >= 0.6 is 0 Å². The van der Waals surface area contributed by atoms with Gasteiger partial charge in [-0.2, -0.15) is 0 Å². The highest BCUT2D eigenvalue weighted by molar-refractivity contribution is 6.07. The monoisotopic (exact) mass is 438 g/mol. The van der Waals surface area contributed by atoms with Crippen LogP contribution in [0.2, 0.25) is 0 Å². The van der Waals surface area contributed by atoms with Crippen molar-refractivity contribution >= 4 is 11.6 Å². The second kappa shape index (κ2) is 8.15. The van der Waals surface area contributed by atoms with Crippen molar-refractivity contribution in [2.24, 2.45) is 0 Å². The molecular formula is C26H34N2O4. The average Bonchev–Trinajstić information content (AvgIpc) is 3.00. The van der Waals surface area contributed by atoms with Crippen molar-refractivity contribution in [3.8, 4) is 17.2 Å². The number of hydrogen-bond acceptors (Lipinski definition) is 5. The van der Waals surface area contributed by atoms with Gasteiger partial charge in [0, 0.05) is 29.3 Å². The first-order chi connectivity index (χ1) is 14.8. The Morgan fingerprint density at radius 1 is 1.00 bits per heavy atom. The number of carbonyl (C=O) groups excluding carboxylic acids is 1. The molecule has 3 rings (SSSR count). The number of phenols is 1. The number of benzene rings is 2. The smallest absolute Gasteiger partial charge is 0.182 e. The number of phenolic OH excluding ortho intramolecular Hbond substituents is 1. The predicted molar refractivity (Wildman–Crippen MR) is 127 cm³/mol. The Morgan fingerprint density at radius 2 is 1.56 bits per heavy atom. The minimum atomic E-state index is -0.319. The summed E-state index contributed by atoms with van der Waals surface area (Å²) in [5.74, 6) is 1.64. The minimum absolute atomic E-state index is 0.0664. The third-order valence-electron chi connectivity index (χ3n) is 5.91. The second-order valence-electron chi connectivity index (χ2n) is 10.4. The standard InChI is InChI=1S/C26H34N2O4/c1-25(2,3)18-10-15(11-19(23(18)30)26(4,5)6)20(29)14-28-13-16-9-17(31-7)12-21(32-8)22(16)24(28)27/h9-12,27,30H,13-14H2,1-8H3. The molecule has 6 heteroatoms. The Labute approximate surface area is 190 Å². The van der Waals surface area contributed by atoms with Gasteiger partial charge in [0.25, 0.3) is 0 Å². The van der Waals surface area contributed by atoms with E-state index in [1.54, 1.807) is 37.3 Å². The number of hydrogen-bond donors (Lipinski definition) is 2. The molecule has 32 heavy (non-hydrogen) atoms. The van der Waals surface area contributed by atoms with Crippen LogP contribution in [0.25, 0.3) is 0 Å². The number of methoxy groups -OCH3 is 2. The van der Waals surface area contributed by atoms with Gasteiger partial charge in [0.1, 0.15) is 23.1 Å². The van der Waals surface area contributed by atoms with Crippen LogP contribution < -0.4 is 9.47 Å². The molecule has 0 bridgehead atoms. The third-order valence-corrected chi connectivity index (χ3v) is 5.91. The van der Waals surface area contributed by atoms with Gasteiger partial charge >= 0.3 is 0 Å². The minimum Gasteiger partial charge on any atom is -0.507 e. The highest BCUT2D eigenvalue weighted by Gasteiger charge is 2.32. The van der Waals surface area contributed by atoms with Crippen molar-refractivity contribution in [1.82, 2.24) is 4.90 Å². The molecule has 0 saturated carbocycles. The van der Waals surface area contributed by atoms with Gasteiger partial charge in [0.05, 0.1) is 26.3 Å². The highest BCUT2D eigenvalue weighted by atomic mass is 16.5. The van der Waals surface area contributed by atoms with Gasteiger partial charge in [-0.15, -0.1) is 0 Å². The number of nitrogens with one attached hydrogen (secondary N) is 1. The molecule has 172 valence electrons. The predicted octanol–water partition coefficient (Wildman–Crippen LogP) is 5.03.